The van der Waals surface area contributed by atoms with Gasteiger partial charge in [0.05, 0.1) is 0 Å². The molecule has 0 spiro atoms. The van der Waals surface area contributed by atoms with Gasteiger partial charge in [0, 0.05) is 12.5 Å². The first kappa shape index (κ1) is 10.6. The minimum absolute atomic E-state index is 0.0271. The second kappa shape index (κ2) is 4.13. The SMILES string of the molecule is CC(F)(F)c1ccc(/C=C/C=O)cc1. The van der Waals surface area contributed by atoms with Gasteiger partial charge in [-0.2, -0.15) is 0 Å². The topological polar surface area (TPSA) is 17.1 Å². The molecule has 0 aliphatic carbocycles. The Morgan fingerprint density at radius 3 is 2.21 bits per heavy atom. The van der Waals surface area contributed by atoms with Crippen LogP contribution in [0.15, 0.2) is 30.3 Å². The third-order valence-corrected chi connectivity index (χ3v) is 1.78. The first-order chi connectivity index (χ1) is 6.54. The highest BCUT2D eigenvalue weighted by atomic mass is 19.3. The lowest BCUT2D eigenvalue weighted by molar-refractivity contribution is -0.104. The second-order valence-electron chi connectivity index (χ2n) is 3.01. The molecule has 0 radical (unpaired) electrons. The van der Waals surface area contributed by atoms with Gasteiger partial charge in [-0.1, -0.05) is 30.3 Å². The van der Waals surface area contributed by atoms with Crippen molar-refractivity contribution in [3.8, 4) is 0 Å². The molecule has 0 unspecified atom stereocenters. The zero-order valence-electron chi connectivity index (χ0n) is 7.71. The fourth-order valence-corrected chi connectivity index (χ4v) is 1.04. The summed E-state index contributed by atoms with van der Waals surface area (Å²) in [4.78, 5) is 10.00. The highest BCUT2D eigenvalue weighted by Crippen LogP contribution is 2.26. The first-order valence-corrected chi connectivity index (χ1v) is 4.14. The van der Waals surface area contributed by atoms with E-state index >= 15 is 0 Å². The van der Waals surface area contributed by atoms with Gasteiger partial charge < -0.3 is 0 Å². The number of carbonyl (C=O) groups excluding carboxylic acids is 1. The summed E-state index contributed by atoms with van der Waals surface area (Å²) in [6.45, 7) is 0.850. The smallest absolute Gasteiger partial charge is 0.270 e. The second-order valence-corrected chi connectivity index (χ2v) is 3.01. The van der Waals surface area contributed by atoms with Gasteiger partial charge in [0.15, 0.2) is 0 Å². The van der Waals surface area contributed by atoms with E-state index in [1.807, 2.05) is 0 Å². The van der Waals surface area contributed by atoms with E-state index < -0.39 is 5.92 Å². The van der Waals surface area contributed by atoms with Gasteiger partial charge in [-0.3, -0.25) is 4.79 Å². The molecule has 74 valence electrons. The quantitative estimate of drug-likeness (QED) is 0.536. The molecule has 0 amide bonds. The monoisotopic (exact) mass is 196 g/mol. The number of aldehydes is 1. The molecule has 0 aliphatic heterocycles. The van der Waals surface area contributed by atoms with Crippen LogP contribution in [0.3, 0.4) is 0 Å². The molecule has 0 saturated carbocycles. The van der Waals surface area contributed by atoms with Crippen molar-refractivity contribution in [3.05, 3.63) is 41.5 Å². The Morgan fingerprint density at radius 2 is 1.79 bits per heavy atom. The third-order valence-electron chi connectivity index (χ3n) is 1.78. The van der Waals surface area contributed by atoms with E-state index in [1.54, 1.807) is 18.2 Å². The number of halogens is 2. The van der Waals surface area contributed by atoms with Crippen LogP contribution < -0.4 is 0 Å². The number of carbonyl (C=O) groups is 1. The van der Waals surface area contributed by atoms with E-state index in [0.717, 1.165) is 12.5 Å². The molecule has 1 nitrogen and oxygen atoms in total. The first-order valence-electron chi connectivity index (χ1n) is 4.14. The molecular weight excluding hydrogens is 186 g/mol. The predicted octanol–water partition coefficient (Wildman–Crippen LogP) is 3.01. The van der Waals surface area contributed by atoms with Crippen LogP contribution in [0.1, 0.15) is 18.1 Å². The molecule has 3 heteroatoms. The summed E-state index contributed by atoms with van der Waals surface area (Å²) in [5, 5.41) is 0. The van der Waals surface area contributed by atoms with Crippen molar-refractivity contribution < 1.29 is 13.6 Å². The minimum Gasteiger partial charge on any atom is -0.299 e. The minimum atomic E-state index is -2.81. The number of hydrogen-bond acceptors (Lipinski definition) is 1. The van der Waals surface area contributed by atoms with Gasteiger partial charge in [0.25, 0.3) is 5.92 Å². The van der Waals surface area contributed by atoms with Gasteiger partial charge in [-0.25, -0.2) is 8.78 Å². The van der Waals surface area contributed by atoms with E-state index in [0.29, 0.717) is 6.29 Å². The van der Waals surface area contributed by atoms with Gasteiger partial charge in [-0.15, -0.1) is 0 Å². The van der Waals surface area contributed by atoms with E-state index in [-0.39, 0.29) is 5.56 Å². The number of rotatable bonds is 3. The maximum atomic E-state index is 12.8. The summed E-state index contributed by atoms with van der Waals surface area (Å²) in [5.41, 5.74) is 0.700. The fraction of sp³-hybridized carbons (Fsp3) is 0.182. The van der Waals surface area contributed by atoms with Gasteiger partial charge in [0.1, 0.15) is 6.29 Å². The van der Waals surface area contributed by atoms with Crippen LogP contribution >= 0.6 is 0 Å². The summed E-state index contributed by atoms with van der Waals surface area (Å²) >= 11 is 0. The van der Waals surface area contributed by atoms with Crippen LogP contribution in [-0.2, 0) is 10.7 Å². The summed E-state index contributed by atoms with van der Waals surface area (Å²) in [7, 11) is 0. The van der Waals surface area contributed by atoms with E-state index in [4.69, 9.17) is 0 Å². The maximum absolute atomic E-state index is 12.8. The van der Waals surface area contributed by atoms with Crippen molar-refractivity contribution in [1.82, 2.24) is 0 Å². The molecule has 0 atom stereocenters. The Labute approximate surface area is 81.1 Å². The predicted molar refractivity (Wildman–Crippen MR) is 51.1 cm³/mol. The molecule has 0 bridgehead atoms. The largest absolute Gasteiger partial charge is 0.299 e. The molecule has 1 aromatic rings. The van der Waals surface area contributed by atoms with Crippen LogP contribution in [-0.4, -0.2) is 6.29 Å². The zero-order valence-corrected chi connectivity index (χ0v) is 7.71. The molecule has 0 saturated heterocycles. The highest BCUT2D eigenvalue weighted by Gasteiger charge is 2.23. The van der Waals surface area contributed by atoms with Crippen molar-refractivity contribution >= 4 is 12.4 Å². The summed E-state index contributed by atoms with van der Waals surface area (Å²) < 4.78 is 25.5. The normalized spacial score (nSPS) is 11.9. The number of allylic oxidation sites excluding steroid dienone is 1. The number of benzene rings is 1. The van der Waals surface area contributed by atoms with Crippen molar-refractivity contribution in [3.63, 3.8) is 0 Å². The number of alkyl halides is 2. The van der Waals surface area contributed by atoms with Crippen LogP contribution in [0.2, 0.25) is 0 Å². The Morgan fingerprint density at radius 1 is 1.21 bits per heavy atom. The van der Waals surface area contributed by atoms with Crippen LogP contribution in [0, 0.1) is 0 Å². The third kappa shape index (κ3) is 2.76. The Hall–Kier alpha value is -1.51. The molecule has 14 heavy (non-hydrogen) atoms. The summed E-state index contributed by atoms with van der Waals surface area (Å²) in [5.74, 6) is -2.81. The Kier molecular flexibility index (Phi) is 3.12. The fourth-order valence-electron chi connectivity index (χ4n) is 1.04. The van der Waals surface area contributed by atoms with Crippen LogP contribution in [0.5, 0.6) is 0 Å². The van der Waals surface area contributed by atoms with Gasteiger partial charge >= 0.3 is 0 Å². The zero-order chi connectivity index (χ0) is 10.6. The molecule has 1 rings (SSSR count). The lowest BCUT2D eigenvalue weighted by atomic mass is 10.1. The maximum Gasteiger partial charge on any atom is 0.270 e. The van der Waals surface area contributed by atoms with Crippen molar-refractivity contribution in [2.45, 2.75) is 12.8 Å². The Balaban J connectivity index is 2.89. The van der Waals surface area contributed by atoms with Crippen molar-refractivity contribution in [2.75, 3.05) is 0 Å². The average molecular weight is 196 g/mol. The molecule has 0 N–H and O–H groups in total. The number of hydrogen-bond donors (Lipinski definition) is 0. The molecule has 0 aliphatic rings. The van der Waals surface area contributed by atoms with Crippen molar-refractivity contribution in [2.24, 2.45) is 0 Å². The summed E-state index contributed by atoms with van der Waals surface area (Å²) in [6.07, 6.45) is 3.52. The Bertz CT molecular complexity index is 333. The lowest BCUT2D eigenvalue weighted by Crippen LogP contribution is -2.06. The molecular formula is C11H10F2O. The molecule has 0 heterocycles. The van der Waals surface area contributed by atoms with Gasteiger partial charge in [0.2, 0.25) is 0 Å². The van der Waals surface area contributed by atoms with Gasteiger partial charge in [-0.05, 0) is 11.6 Å². The highest BCUT2D eigenvalue weighted by molar-refractivity contribution is 5.73. The van der Waals surface area contributed by atoms with Crippen LogP contribution in [0.25, 0.3) is 6.08 Å². The summed E-state index contributed by atoms with van der Waals surface area (Å²) in [6, 6.07) is 5.80. The lowest BCUT2D eigenvalue weighted by Gasteiger charge is -2.09. The average Bonchev–Trinajstić information content (AvgIpc) is 2.14. The van der Waals surface area contributed by atoms with Crippen LogP contribution in [0.4, 0.5) is 8.78 Å². The van der Waals surface area contributed by atoms with E-state index in [9.17, 15) is 13.6 Å². The molecule has 1 aromatic carbocycles. The van der Waals surface area contributed by atoms with Crippen molar-refractivity contribution in [1.29, 1.82) is 0 Å². The standard InChI is InChI=1S/C11H10F2O/c1-11(12,13)10-6-4-9(5-7-10)3-2-8-14/h2-8H,1H3/b3-2+. The van der Waals surface area contributed by atoms with E-state index in [2.05, 4.69) is 0 Å². The molecule has 0 aromatic heterocycles. The molecule has 0 fully saturated rings. The van der Waals surface area contributed by atoms with E-state index in [1.165, 1.54) is 18.2 Å².